The van der Waals surface area contributed by atoms with Crippen LogP contribution in [0.3, 0.4) is 0 Å². The molecule has 1 aromatic carbocycles. The number of nitrogens with zero attached hydrogens (tertiary/aromatic N) is 1. The minimum absolute atomic E-state index is 0.620. The van der Waals surface area contributed by atoms with Gasteiger partial charge in [0.05, 0.1) is 0 Å². The van der Waals surface area contributed by atoms with Gasteiger partial charge in [0, 0.05) is 16.7 Å². The summed E-state index contributed by atoms with van der Waals surface area (Å²) in [5.41, 5.74) is 1.65. The lowest BCUT2D eigenvalue weighted by Crippen LogP contribution is -1.89. The Bertz CT molecular complexity index is 497. The third kappa shape index (κ3) is 2.49. The van der Waals surface area contributed by atoms with Crippen molar-refractivity contribution in [3.05, 3.63) is 53.7 Å². The number of hydrogen-bond acceptors (Lipinski definition) is 3. The monoisotopic (exact) mass is 229 g/mol. The maximum absolute atomic E-state index is 10.6. The highest BCUT2D eigenvalue weighted by Crippen LogP contribution is 2.28. The fourth-order valence-electron chi connectivity index (χ4n) is 1.36. The van der Waals surface area contributed by atoms with E-state index in [1.54, 1.807) is 18.0 Å². The smallest absolute Gasteiger partial charge is 0.151 e. The second kappa shape index (κ2) is 4.94. The van der Waals surface area contributed by atoms with Crippen LogP contribution in [0.2, 0.25) is 0 Å². The normalized spacial score (nSPS) is 10.1. The van der Waals surface area contributed by atoms with E-state index in [1.807, 2.05) is 43.3 Å². The summed E-state index contributed by atoms with van der Waals surface area (Å²) in [6.45, 7) is 1.96. The van der Waals surface area contributed by atoms with Crippen molar-refractivity contribution in [3.63, 3.8) is 0 Å². The molecule has 1 aromatic heterocycles. The standard InChI is InChI=1S/C13H11NOS/c1-10-7-11(9-15)8-14-13(10)16-12-5-3-2-4-6-12/h2-9H,1H3. The number of carbonyl (C=O) groups is 1. The zero-order chi connectivity index (χ0) is 11.4. The topological polar surface area (TPSA) is 30.0 Å². The van der Waals surface area contributed by atoms with Gasteiger partial charge < -0.3 is 0 Å². The van der Waals surface area contributed by atoms with Crippen molar-refractivity contribution in [1.82, 2.24) is 4.98 Å². The van der Waals surface area contributed by atoms with E-state index in [2.05, 4.69) is 4.98 Å². The first kappa shape index (κ1) is 10.9. The summed E-state index contributed by atoms with van der Waals surface area (Å²) in [5, 5.41) is 0.941. The molecule has 0 N–H and O–H groups in total. The van der Waals surface area contributed by atoms with Crippen molar-refractivity contribution in [3.8, 4) is 0 Å². The molecule has 0 fully saturated rings. The number of carbonyl (C=O) groups excluding carboxylic acids is 1. The summed E-state index contributed by atoms with van der Waals surface area (Å²) in [4.78, 5) is 16.0. The van der Waals surface area contributed by atoms with Crippen molar-refractivity contribution in [2.45, 2.75) is 16.8 Å². The van der Waals surface area contributed by atoms with Gasteiger partial charge in [0.15, 0.2) is 6.29 Å². The van der Waals surface area contributed by atoms with Crippen LogP contribution in [0.5, 0.6) is 0 Å². The highest BCUT2D eigenvalue weighted by molar-refractivity contribution is 7.99. The lowest BCUT2D eigenvalue weighted by Gasteiger charge is -2.04. The summed E-state index contributed by atoms with van der Waals surface area (Å²) < 4.78 is 0. The predicted octanol–water partition coefficient (Wildman–Crippen LogP) is 3.35. The molecule has 0 aliphatic rings. The van der Waals surface area contributed by atoms with Gasteiger partial charge in [-0.25, -0.2) is 4.98 Å². The first-order chi connectivity index (χ1) is 7.79. The summed E-state index contributed by atoms with van der Waals surface area (Å²) in [7, 11) is 0. The molecule has 0 unspecified atom stereocenters. The third-order valence-electron chi connectivity index (χ3n) is 2.15. The molecule has 1 heterocycles. The van der Waals surface area contributed by atoms with E-state index in [0.717, 1.165) is 21.8 Å². The van der Waals surface area contributed by atoms with Crippen LogP contribution in [0.25, 0.3) is 0 Å². The second-order valence-electron chi connectivity index (χ2n) is 3.42. The van der Waals surface area contributed by atoms with E-state index < -0.39 is 0 Å². The number of aldehydes is 1. The molecule has 0 saturated carbocycles. The van der Waals surface area contributed by atoms with Crippen LogP contribution in [0.15, 0.2) is 52.5 Å². The summed E-state index contributed by atoms with van der Waals surface area (Å²) in [6.07, 6.45) is 2.42. The van der Waals surface area contributed by atoms with Gasteiger partial charge in [-0.15, -0.1) is 0 Å². The quantitative estimate of drug-likeness (QED) is 0.756. The highest BCUT2D eigenvalue weighted by atomic mass is 32.2. The Kier molecular flexibility index (Phi) is 3.37. The van der Waals surface area contributed by atoms with Crippen LogP contribution in [0.1, 0.15) is 15.9 Å². The Morgan fingerprint density at radius 1 is 1.25 bits per heavy atom. The van der Waals surface area contributed by atoms with E-state index in [4.69, 9.17) is 0 Å². The molecule has 16 heavy (non-hydrogen) atoms. The lowest BCUT2D eigenvalue weighted by molar-refractivity contribution is 0.112. The van der Waals surface area contributed by atoms with Crippen LogP contribution >= 0.6 is 11.8 Å². The Hall–Kier alpha value is -1.61. The Labute approximate surface area is 98.7 Å². The number of pyridine rings is 1. The molecule has 0 bridgehead atoms. The fourth-order valence-corrected chi connectivity index (χ4v) is 2.20. The third-order valence-corrected chi connectivity index (χ3v) is 3.27. The van der Waals surface area contributed by atoms with Crippen LogP contribution in [-0.4, -0.2) is 11.3 Å². The Morgan fingerprint density at radius 3 is 2.62 bits per heavy atom. The van der Waals surface area contributed by atoms with Crippen molar-refractivity contribution < 1.29 is 4.79 Å². The summed E-state index contributed by atoms with van der Waals surface area (Å²) in [5.74, 6) is 0. The van der Waals surface area contributed by atoms with Crippen molar-refractivity contribution in [2.75, 3.05) is 0 Å². The molecule has 0 radical (unpaired) electrons. The number of rotatable bonds is 3. The first-order valence-electron chi connectivity index (χ1n) is 4.94. The molecular formula is C13H11NOS. The Morgan fingerprint density at radius 2 is 2.00 bits per heavy atom. The minimum Gasteiger partial charge on any atom is -0.298 e. The molecule has 2 rings (SSSR count). The van der Waals surface area contributed by atoms with Gasteiger partial charge in [0.25, 0.3) is 0 Å². The summed E-state index contributed by atoms with van der Waals surface area (Å²) in [6, 6.07) is 11.9. The van der Waals surface area contributed by atoms with E-state index >= 15 is 0 Å². The van der Waals surface area contributed by atoms with Crippen LogP contribution in [-0.2, 0) is 0 Å². The zero-order valence-corrected chi connectivity index (χ0v) is 9.70. The van der Waals surface area contributed by atoms with Gasteiger partial charge in [0.1, 0.15) is 5.03 Å². The first-order valence-corrected chi connectivity index (χ1v) is 5.76. The van der Waals surface area contributed by atoms with Crippen LogP contribution in [0, 0.1) is 6.92 Å². The summed E-state index contributed by atoms with van der Waals surface area (Å²) >= 11 is 1.61. The van der Waals surface area contributed by atoms with Gasteiger partial charge in [-0.3, -0.25) is 4.79 Å². The van der Waals surface area contributed by atoms with Gasteiger partial charge in [-0.2, -0.15) is 0 Å². The highest BCUT2D eigenvalue weighted by Gasteiger charge is 2.03. The van der Waals surface area contributed by atoms with E-state index in [0.29, 0.717) is 5.56 Å². The molecular weight excluding hydrogens is 218 g/mol. The van der Waals surface area contributed by atoms with Gasteiger partial charge in [-0.05, 0) is 30.7 Å². The number of aryl methyl sites for hydroxylation is 1. The second-order valence-corrected chi connectivity index (χ2v) is 4.49. The molecule has 0 spiro atoms. The molecule has 2 aromatic rings. The molecule has 0 aliphatic carbocycles. The number of aromatic nitrogens is 1. The van der Waals surface area contributed by atoms with Gasteiger partial charge >= 0.3 is 0 Å². The maximum Gasteiger partial charge on any atom is 0.151 e. The fraction of sp³-hybridized carbons (Fsp3) is 0.0769. The molecule has 0 saturated heterocycles. The maximum atomic E-state index is 10.6. The molecule has 3 heteroatoms. The van der Waals surface area contributed by atoms with E-state index in [9.17, 15) is 4.79 Å². The van der Waals surface area contributed by atoms with Crippen molar-refractivity contribution >= 4 is 18.0 Å². The SMILES string of the molecule is Cc1cc(C=O)cnc1Sc1ccccc1. The largest absolute Gasteiger partial charge is 0.298 e. The van der Waals surface area contributed by atoms with E-state index in [1.165, 1.54) is 0 Å². The molecule has 2 nitrogen and oxygen atoms in total. The van der Waals surface area contributed by atoms with Gasteiger partial charge in [-0.1, -0.05) is 30.0 Å². The van der Waals surface area contributed by atoms with Crippen molar-refractivity contribution in [2.24, 2.45) is 0 Å². The number of hydrogen-bond donors (Lipinski definition) is 0. The molecule has 0 atom stereocenters. The van der Waals surface area contributed by atoms with Crippen LogP contribution in [0.4, 0.5) is 0 Å². The molecule has 80 valence electrons. The average molecular weight is 229 g/mol. The molecule has 0 aliphatic heterocycles. The van der Waals surface area contributed by atoms with Gasteiger partial charge in [0.2, 0.25) is 0 Å². The lowest BCUT2D eigenvalue weighted by atomic mass is 10.2. The van der Waals surface area contributed by atoms with Crippen LogP contribution < -0.4 is 0 Å². The minimum atomic E-state index is 0.620. The number of benzene rings is 1. The van der Waals surface area contributed by atoms with E-state index in [-0.39, 0.29) is 0 Å². The predicted molar refractivity (Wildman–Crippen MR) is 64.9 cm³/mol. The Balaban J connectivity index is 2.25. The van der Waals surface area contributed by atoms with Crippen molar-refractivity contribution in [1.29, 1.82) is 0 Å². The average Bonchev–Trinajstić information content (AvgIpc) is 2.33. The zero-order valence-electron chi connectivity index (χ0n) is 8.88. The molecule has 0 amide bonds.